The molecule has 0 unspecified atom stereocenters. The molecule has 0 spiro atoms. The first kappa shape index (κ1) is 27.7. The zero-order valence-corrected chi connectivity index (χ0v) is 21.2. The second kappa shape index (κ2) is 12.0. The Morgan fingerprint density at radius 2 is 1.42 bits per heavy atom. The molecule has 5 nitrogen and oxygen atoms in total. The third-order valence-electron chi connectivity index (χ3n) is 5.85. The fourth-order valence-corrected chi connectivity index (χ4v) is 3.30. The van der Waals surface area contributed by atoms with E-state index in [1.54, 1.807) is 11.6 Å². The van der Waals surface area contributed by atoms with E-state index in [1.165, 1.54) is 19.8 Å². The molecule has 0 aliphatic rings. The number of aryl methyl sites for hydroxylation is 1. The number of phenolic OH excluding ortho intramolecular Hbond substituents is 1. The molecule has 3 aromatic rings. The molecule has 0 atom stereocenters. The van der Waals surface area contributed by atoms with Crippen molar-refractivity contribution in [1.29, 1.82) is 0 Å². The number of nitrogens with zero attached hydrogens (tertiary/aromatic N) is 1. The number of benzene rings is 2. The smallest absolute Gasteiger partial charge is 0.330 e. The molecule has 0 bridgehead atoms. The van der Waals surface area contributed by atoms with E-state index in [9.17, 15) is 14.7 Å². The Morgan fingerprint density at radius 1 is 0.970 bits per heavy atom. The van der Waals surface area contributed by atoms with Crippen LogP contribution in [0, 0.1) is 27.7 Å². The minimum absolute atomic E-state index is 0.0145. The average Bonchev–Trinajstić information content (AvgIpc) is 2.80. The topological polar surface area (TPSA) is 79.5 Å². The van der Waals surface area contributed by atoms with E-state index in [-0.39, 0.29) is 11.1 Å². The van der Waals surface area contributed by atoms with Gasteiger partial charge in [-0.15, -0.1) is 0 Å². The largest absolute Gasteiger partial charge is 0.507 e. The predicted octanol–water partition coefficient (Wildman–Crippen LogP) is 6.60. The SMILES string of the molecule is C=C(C)C(=O)O.CCCC.Cc1c(C)c(-c2cc3ccccc3n(C)c2=O)c(C)c(C)c1O. The van der Waals surface area contributed by atoms with Gasteiger partial charge in [-0.1, -0.05) is 51.5 Å². The van der Waals surface area contributed by atoms with Crippen LogP contribution in [0.15, 0.2) is 47.3 Å². The predicted molar refractivity (Wildman–Crippen MR) is 138 cm³/mol. The lowest BCUT2D eigenvalue weighted by atomic mass is 9.89. The van der Waals surface area contributed by atoms with Crippen molar-refractivity contribution in [3.8, 4) is 16.9 Å². The molecule has 5 heteroatoms. The lowest BCUT2D eigenvalue weighted by Gasteiger charge is -2.18. The number of carboxylic acids is 1. The fourth-order valence-electron chi connectivity index (χ4n) is 3.30. The normalized spacial score (nSPS) is 10.1. The molecule has 2 aromatic carbocycles. The standard InChI is InChI=1S/C20H21NO2.C4H6O2.C4H10/c1-11-13(3)19(22)14(4)12(2)18(11)16-10-15-8-6-7-9-17(15)21(5)20(16)23;1-3(2)4(5)6;1-3-4-2/h6-10,22H,1-5H3;1H2,2H3,(H,5,6);3-4H2,1-2H3. The highest BCUT2D eigenvalue weighted by Gasteiger charge is 2.18. The van der Waals surface area contributed by atoms with Crippen LogP contribution in [0.1, 0.15) is 55.9 Å². The van der Waals surface area contributed by atoms with Gasteiger partial charge in [-0.05, 0) is 80.0 Å². The van der Waals surface area contributed by atoms with Gasteiger partial charge in [-0.3, -0.25) is 4.79 Å². The number of hydrogen-bond acceptors (Lipinski definition) is 3. The molecule has 178 valence electrons. The van der Waals surface area contributed by atoms with Gasteiger partial charge >= 0.3 is 5.97 Å². The molecule has 33 heavy (non-hydrogen) atoms. The van der Waals surface area contributed by atoms with Crippen LogP contribution in [-0.4, -0.2) is 20.7 Å². The molecule has 0 aliphatic carbocycles. The Hall–Kier alpha value is -3.34. The molecular weight excluding hydrogens is 414 g/mol. The summed E-state index contributed by atoms with van der Waals surface area (Å²) >= 11 is 0. The number of unbranched alkanes of at least 4 members (excludes halogenated alkanes) is 1. The number of fused-ring (bicyclic) bond motifs is 1. The van der Waals surface area contributed by atoms with Gasteiger partial charge < -0.3 is 14.8 Å². The number of hydrogen-bond donors (Lipinski definition) is 2. The van der Waals surface area contributed by atoms with Crippen molar-refractivity contribution in [2.75, 3.05) is 0 Å². The summed E-state index contributed by atoms with van der Waals surface area (Å²) in [5.41, 5.74) is 6.28. The molecule has 1 aromatic heterocycles. The number of para-hydroxylation sites is 1. The van der Waals surface area contributed by atoms with E-state index in [4.69, 9.17) is 5.11 Å². The van der Waals surface area contributed by atoms with Crippen LogP contribution in [0.5, 0.6) is 5.75 Å². The summed E-state index contributed by atoms with van der Waals surface area (Å²) in [5.74, 6) is -0.614. The molecule has 1 heterocycles. The first-order valence-electron chi connectivity index (χ1n) is 11.2. The van der Waals surface area contributed by atoms with Gasteiger partial charge in [-0.2, -0.15) is 0 Å². The summed E-state index contributed by atoms with van der Waals surface area (Å²) in [6.07, 6.45) is 2.64. The number of pyridine rings is 1. The number of aromatic nitrogens is 1. The van der Waals surface area contributed by atoms with Gasteiger partial charge in [0.05, 0.1) is 5.52 Å². The first-order valence-corrected chi connectivity index (χ1v) is 11.2. The zero-order valence-electron chi connectivity index (χ0n) is 21.2. The van der Waals surface area contributed by atoms with Gasteiger partial charge in [0.25, 0.3) is 5.56 Å². The maximum absolute atomic E-state index is 12.9. The second-order valence-electron chi connectivity index (χ2n) is 8.29. The number of carbonyl (C=O) groups is 1. The van der Waals surface area contributed by atoms with E-state index in [0.717, 1.165) is 38.7 Å². The summed E-state index contributed by atoms with van der Waals surface area (Å²) in [5, 5.41) is 19.2. The maximum atomic E-state index is 12.9. The van der Waals surface area contributed by atoms with Crippen LogP contribution < -0.4 is 5.56 Å². The Morgan fingerprint density at radius 3 is 1.85 bits per heavy atom. The van der Waals surface area contributed by atoms with Gasteiger partial charge in [0.15, 0.2) is 0 Å². The molecule has 2 N–H and O–H groups in total. The van der Waals surface area contributed by atoms with Gasteiger partial charge in [0, 0.05) is 18.2 Å². The third-order valence-corrected chi connectivity index (χ3v) is 5.85. The van der Waals surface area contributed by atoms with Crippen molar-refractivity contribution in [1.82, 2.24) is 4.57 Å². The highest BCUT2D eigenvalue weighted by atomic mass is 16.4. The van der Waals surface area contributed by atoms with E-state index >= 15 is 0 Å². The van der Waals surface area contributed by atoms with Crippen LogP contribution in [-0.2, 0) is 11.8 Å². The highest BCUT2D eigenvalue weighted by molar-refractivity contribution is 5.86. The third kappa shape index (κ3) is 6.35. The van der Waals surface area contributed by atoms with E-state index in [1.807, 2.05) is 58.0 Å². The molecule has 0 saturated carbocycles. The van der Waals surface area contributed by atoms with Crippen molar-refractivity contribution in [2.24, 2.45) is 7.05 Å². The minimum Gasteiger partial charge on any atom is -0.507 e. The van der Waals surface area contributed by atoms with Gasteiger partial charge in [0.1, 0.15) is 5.75 Å². The quantitative estimate of drug-likeness (QED) is 0.440. The van der Waals surface area contributed by atoms with Crippen LogP contribution in [0.4, 0.5) is 0 Å². The monoisotopic (exact) mass is 451 g/mol. The Bertz CT molecular complexity index is 1180. The van der Waals surface area contributed by atoms with E-state index < -0.39 is 5.97 Å². The van der Waals surface area contributed by atoms with E-state index in [2.05, 4.69) is 20.4 Å². The van der Waals surface area contributed by atoms with Crippen molar-refractivity contribution < 1.29 is 15.0 Å². The second-order valence-corrected chi connectivity index (χ2v) is 8.29. The highest BCUT2D eigenvalue weighted by Crippen LogP contribution is 2.36. The molecule has 0 saturated heterocycles. The minimum atomic E-state index is -0.935. The summed E-state index contributed by atoms with van der Waals surface area (Å²) in [6.45, 7) is 16.7. The fraction of sp³-hybridized carbons (Fsp3) is 0.357. The molecular formula is C28H37NO4. The van der Waals surface area contributed by atoms with Crippen molar-refractivity contribution in [3.05, 3.63) is 75.1 Å². The Kier molecular flexibility index (Phi) is 10.1. The number of phenols is 1. The first-order chi connectivity index (χ1) is 15.4. The molecule has 0 amide bonds. The summed E-state index contributed by atoms with van der Waals surface area (Å²) in [7, 11) is 1.80. The average molecular weight is 452 g/mol. The van der Waals surface area contributed by atoms with E-state index in [0.29, 0.717) is 11.3 Å². The molecule has 0 fully saturated rings. The number of aromatic hydroxyl groups is 1. The number of aliphatic carboxylic acids is 1. The lowest BCUT2D eigenvalue weighted by Crippen LogP contribution is -2.19. The van der Waals surface area contributed by atoms with Crippen molar-refractivity contribution in [2.45, 2.75) is 61.3 Å². The summed E-state index contributed by atoms with van der Waals surface area (Å²) in [6, 6.07) is 9.84. The zero-order chi connectivity index (χ0) is 25.5. The number of carboxylic acid groups (broad SMARTS) is 1. The van der Waals surface area contributed by atoms with Crippen LogP contribution in [0.25, 0.3) is 22.0 Å². The van der Waals surface area contributed by atoms with Crippen molar-refractivity contribution in [3.63, 3.8) is 0 Å². The summed E-state index contributed by atoms with van der Waals surface area (Å²) in [4.78, 5) is 22.5. The lowest BCUT2D eigenvalue weighted by molar-refractivity contribution is -0.132. The molecule has 0 aliphatic heterocycles. The van der Waals surface area contributed by atoms with Crippen molar-refractivity contribution >= 4 is 16.9 Å². The maximum Gasteiger partial charge on any atom is 0.330 e. The van der Waals surface area contributed by atoms with Crippen LogP contribution in [0.2, 0.25) is 0 Å². The van der Waals surface area contributed by atoms with Gasteiger partial charge in [0.2, 0.25) is 0 Å². The van der Waals surface area contributed by atoms with Gasteiger partial charge in [-0.25, -0.2) is 4.79 Å². The Balaban J connectivity index is 0.000000460. The molecule has 3 rings (SSSR count). The number of rotatable bonds is 3. The summed E-state index contributed by atoms with van der Waals surface area (Å²) < 4.78 is 1.70. The Labute approximate surface area is 197 Å². The van der Waals surface area contributed by atoms with Crippen LogP contribution in [0.3, 0.4) is 0 Å². The van der Waals surface area contributed by atoms with Crippen LogP contribution >= 0.6 is 0 Å². The molecule has 0 radical (unpaired) electrons.